The van der Waals surface area contributed by atoms with Gasteiger partial charge in [-0.3, -0.25) is 14.6 Å². The van der Waals surface area contributed by atoms with Crippen molar-refractivity contribution in [3.8, 4) is 5.75 Å². The molecule has 1 fully saturated rings. The van der Waals surface area contributed by atoms with Gasteiger partial charge in [0.15, 0.2) is 0 Å². The molecule has 1 aliphatic rings. The Morgan fingerprint density at radius 2 is 1.87 bits per heavy atom. The van der Waals surface area contributed by atoms with Gasteiger partial charge < -0.3 is 14.5 Å². The summed E-state index contributed by atoms with van der Waals surface area (Å²) in [7, 11) is 0. The molecule has 1 amide bonds. The summed E-state index contributed by atoms with van der Waals surface area (Å²) < 4.78 is 30.8. The molecule has 1 saturated heterocycles. The number of nitrogens with zero attached hydrogens (tertiary/aromatic N) is 4. The largest absolute Gasteiger partial charge is 0.435 e. The topological polar surface area (TPSA) is 62.1 Å². The van der Waals surface area contributed by atoms with E-state index in [4.69, 9.17) is 0 Å². The maximum absolute atomic E-state index is 12.6. The average molecular weight is 429 g/mol. The summed E-state index contributed by atoms with van der Waals surface area (Å²) in [6, 6.07) is 11.6. The SMILES string of the molecule is C[C@@H](C(=O)Nc1ccc(OC(F)F)cc1)N1CCN(Cc2cn3ccccc3n2)CC1. The number of halogens is 2. The van der Waals surface area contributed by atoms with E-state index in [2.05, 4.69) is 31.0 Å². The van der Waals surface area contributed by atoms with E-state index >= 15 is 0 Å². The van der Waals surface area contributed by atoms with Crippen LogP contribution >= 0.6 is 0 Å². The number of hydrogen-bond donors (Lipinski definition) is 1. The van der Waals surface area contributed by atoms with E-state index in [0.717, 1.165) is 44.1 Å². The molecule has 9 heteroatoms. The minimum absolute atomic E-state index is 0.0581. The number of aromatic nitrogens is 2. The zero-order valence-corrected chi connectivity index (χ0v) is 17.2. The summed E-state index contributed by atoms with van der Waals surface area (Å²) in [6.07, 6.45) is 4.04. The molecule has 3 aromatic rings. The van der Waals surface area contributed by atoms with Gasteiger partial charge in [0.25, 0.3) is 0 Å². The molecule has 0 spiro atoms. The van der Waals surface area contributed by atoms with Crippen molar-refractivity contribution in [3.63, 3.8) is 0 Å². The number of anilines is 1. The van der Waals surface area contributed by atoms with Crippen LogP contribution < -0.4 is 10.1 Å². The van der Waals surface area contributed by atoms with Gasteiger partial charge in [0.1, 0.15) is 11.4 Å². The number of benzene rings is 1. The maximum atomic E-state index is 12.6. The Kier molecular flexibility index (Phi) is 6.43. The highest BCUT2D eigenvalue weighted by molar-refractivity contribution is 5.94. The number of rotatable bonds is 7. The van der Waals surface area contributed by atoms with Gasteiger partial charge in [0, 0.05) is 50.8 Å². The molecule has 1 aliphatic heterocycles. The van der Waals surface area contributed by atoms with Gasteiger partial charge in [-0.15, -0.1) is 0 Å². The van der Waals surface area contributed by atoms with Crippen molar-refractivity contribution in [1.82, 2.24) is 19.2 Å². The minimum Gasteiger partial charge on any atom is -0.435 e. The molecule has 2 aromatic heterocycles. The molecule has 164 valence electrons. The first-order valence-electron chi connectivity index (χ1n) is 10.2. The molecule has 1 atom stereocenters. The highest BCUT2D eigenvalue weighted by atomic mass is 19.3. The van der Waals surface area contributed by atoms with Crippen molar-refractivity contribution in [1.29, 1.82) is 0 Å². The van der Waals surface area contributed by atoms with Gasteiger partial charge >= 0.3 is 6.61 Å². The van der Waals surface area contributed by atoms with Gasteiger partial charge in [-0.1, -0.05) is 6.07 Å². The monoisotopic (exact) mass is 429 g/mol. The molecule has 0 radical (unpaired) electrons. The molecule has 0 unspecified atom stereocenters. The fourth-order valence-corrected chi connectivity index (χ4v) is 3.73. The Hall–Kier alpha value is -3.04. The van der Waals surface area contributed by atoms with Crippen LogP contribution in [0, 0.1) is 0 Å². The van der Waals surface area contributed by atoms with E-state index in [-0.39, 0.29) is 17.7 Å². The van der Waals surface area contributed by atoms with Crippen LogP contribution in [0.4, 0.5) is 14.5 Å². The molecule has 3 heterocycles. The average Bonchev–Trinajstić information content (AvgIpc) is 3.17. The number of imidazole rings is 1. The summed E-state index contributed by atoms with van der Waals surface area (Å²) in [4.78, 5) is 21.7. The fraction of sp³-hybridized carbons (Fsp3) is 0.364. The lowest BCUT2D eigenvalue weighted by Crippen LogP contribution is -2.52. The van der Waals surface area contributed by atoms with E-state index in [1.807, 2.05) is 35.7 Å². The lowest BCUT2D eigenvalue weighted by molar-refractivity contribution is -0.121. The van der Waals surface area contributed by atoms with Crippen molar-refractivity contribution in [2.45, 2.75) is 26.1 Å². The lowest BCUT2D eigenvalue weighted by Gasteiger charge is -2.37. The molecule has 0 saturated carbocycles. The number of nitrogens with one attached hydrogen (secondary N) is 1. The number of ether oxygens (including phenoxy) is 1. The first kappa shape index (κ1) is 21.2. The second-order valence-electron chi connectivity index (χ2n) is 7.58. The van der Waals surface area contributed by atoms with E-state index in [1.54, 1.807) is 12.1 Å². The molecule has 1 N–H and O–H groups in total. The number of pyridine rings is 1. The minimum atomic E-state index is -2.87. The normalized spacial score (nSPS) is 16.5. The van der Waals surface area contributed by atoms with Crippen LogP contribution in [0.15, 0.2) is 54.9 Å². The van der Waals surface area contributed by atoms with Crippen molar-refractivity contribution in [3.05, 3.63) is 60.6 Å². The number of hydrogen-bond acceptors (Lipinski definition) is 5. The summed E-state index contributed by atoms with van der Waals surface area (Å²) in [6.45, 7) is 3.06. The Bertz CT molecular complexity index is 983. The third kappa shape index (κ3) is 5.36. The molecule has 0 aliphatic carbocycles. The van der Waals surface area contributed by atoms with Crippen LogP contribution in [0.5, 0.6) is 5.75 Å². The number of carbonyl (C=O) groups is 1. The smallest absolute Gasteiger partial charge is 0.387 e. The second-order valence-corrected chi connectivity index (χ2v) is 7.58. The van der Waals surface area contributed by atoms with Gasteiger partial charge in [0.05, 0.1) is 11.7 Å². The van der Waals surface area contributed by atoms with E-state index in [9.17, 15) is 13.6 Å². The second kappa shape index (κ2) is 9.40. The first-order valence-corrected chi connectivity index (χ1v) is 10.2. The molecule has 7 nitrogen and oxygen atoms in total. The van der Waals surface area contributed by atoms with Crippen molar-refractivity contribution in [2.75, 3.05) is 31.5 Å². The molecular weight excluding hydrogens is 404 g/mol. The zero-order chi connectivity index (χ0) is 21.8. The van der Waals surface area contributed by atoms with Crippen LogP contribution in [0.1, 0.15) is 12.6 Å². The van der Waals surface area contributed by atoms with E-state index in [0.29, 0.717) is 5.69 Å². The highest BCUT2D eigenvalue weighted by Gasteiger charge is 2.26. The highest BCUT2D eigenvalue weighted by Crippen LogP contribution is 2.18. The summed E-state index contributed by atoms with van der Waals surface area (Å²) in [5, 5.41) is 2.84. The van der Waals surface area contributed by atoms with Crippen LogP contribution in [0.2, 0.25) is 0 Å². The zero-order valence-electron chi connectivity index (χ0n) is 17.2. The standard InChI is InChI=1S/C22H25F2N5O2/c1-16(21(30)26-17-5-7-19(8-6-17)31-22(23)24)28-12-10-27(11-13-28)14-18-15-29-9-3-2-4-20(29)25-18/h2-9,15-16,22H,10-14H2,1H3,(H,26,30)/t16-/m0/s1. The third-order valence-corrected chi connectivity index (χ3v) is 5.48. The molecular formula is C22H25F2N5O2. The molecule has 31 heavy (non-hydrogen) atoms. The fourth-order valence-electron chi connectivity index (χ4n) is 3.73. The van der Waals surface area contributed by atoms with Gasteiger partial charge in [-0.05, 0) is 43.3 Å². The maximum Gasteiger partial charge on any atom is 0.387 e. The quantitative estimate of drug-likeness (QED) is 0.626. The molecule has 0 bridgehead atoms. The predicted octanol–water partition coefficient (Wildman–Crippen LogP) is 3.08. The number of fused-ring (bicyclic) bond motifs is 1. The van der Waals surface area contributed by atoms with Crippen LogP contribution in [-0.2, 0) is 11.3 Å². The number of piperazine rings is 1. The third-order valence-electron chi connectivity index (χ3n) is 5.48. The Balaban J connectivity index is 1.26. The Morgan fingerprint density at radius 1 is 1.13 bits per heavy atom. The Morgan fingerprint density at radius 3 is 2.55 bits per heavy atom. The predicted molar refractivity (Wildman–Crippen MR) is 113 cm³/mol. The van der Waals surface area contributed by atoms with Crippen molar-refractivity contribution in [2.24, 2.45) is 0 Å². The summed E-state index contributed by atoms with van der Waals surface area (Å²) in [5.74, 6) is -0.0703. The van der Waals surface area contributed by atoms with Gasteiger partial charge in [0.2, 0.25) is 5.91 Å². The van der Waals surface area contributed by atoms with E-state index in [1.165, 1.54) is 12.1 Å². The lowest BCUT2D eigenvalue weighted by atomic mass is 10.2. The van der Waals surface area contributed by atoms with E-state index < -0.39 is 6.61 Å². The first-order chi connectivity index (χ1) is 15.0. The van der Waals surface area contributed by atoms with Crippen LogP contribution in [-0.4, -0.2) is 63.9 Å². The number of alkyl halides is 2. The van der Waals surface area contributed by atoms with Crippen LogP contribution in [0.25, 0.3) is 5.65 Å². The number of amides is 1. The molecule has 4 rings (SSSR count). The number of carbonyl (C=O) groups excluding carboxylic acids is 1. The van der Waals surface area contributed by atoms with Gasteiger partial charge in [-0.25, -0.2) is 4.98 Å². The van der Waals surface area contributed by atoms with Gasteiger partial charge in [-0.2, -0.15) is 8.78 Å². The molecule has 1 aromatic carbocycles. The van der Waals surface area contributed by atoms with Crippen molar-refractivity contribution < 1.29 is 18.3 Å². The summed E-state index contributed by atoms with van der Waals surface area (Å²) >= 11 is 0. The summed E-state index contributed by atoms with van der Waals surface area (Å²) in [5.41, 5.74) is 2.52. The van der Waals surface area contributed by atoms with Crippen LogP contribution in [0.3, 0.4) is 0 Å². The Labute approximate surface area is 179 Å². The van der Waals surface area contributed by atoms with Crippen molar-refractivity contribution >= 4 is 17.2 Å².